The summed E-state index contributed by atoms with van der Waals surface area (Å²) in [5.74, 6) is 2.19. The summed E-state index contributed by atoms with van der Waals surface area (Å²) < 4.78 is 2.05. The highest BCUT2D eigenvalue weighted by atomic mass is 127. The second kappa shape index (κ2) is 2.50. The Balaban J connectivity index is 2.10. The molecule has 4 atom stereocenters. The average molecular weight is 348 g/mol. The minimum atomic E-state index is 1.03. The van der Waals surface area contributed by atoms with Crippen molar-refractivity contribution in [3.05, 3.63) is 0 Å². The van der Waals surface area contributed by atoms with Gasteiger partial charge in [0.1, 0.15) is 0 Å². The molecule has 2 fully saturated rings. The molecule has 2 heteroatoms. The van der Waals surface area contributed by atoms with Gasteiger partial charge in [0.25, 0.3) is 0 Å². The number of alkyl halides is 2. The number of hydrogen-bond acceptors (Lipinski definition) is 0. The zero-order valence-corrected chi connectivity index (χ0v) is 9.50. The fourth-order valence-electron chi connectivity index (χ4n) is 2.14. The van der Waals surface area contributed by atoms with E-state index in [-0.39, 0.29) is 0 Å². The van der Waals surface area contributed by atoms with Crippen LogP contribution < -0.4 is 0 Å². The van der Waals surface area contributed by atoms with Gasteiger partial charge in [-0.15, -0.1) is 0 Å². The zero-order valence-electron chi connectivity index (χ0n) is 5.19. The van der Waals surface area contributed by atoms with Crippen molar-refractivity contribution in [3.8, 4) is 0 Å². The predicted molar refractivity (Wildman–Crippen MR) is 56.4 cm³/mol. The van der Waals surface area contributed by atoms with Crippen LogP contribution in [0.1, 0.15) is 19.3 Å². The number of rotatable bonds is 0. The Kier molecular flexibility index (Phi) is 1.98. The lowest BCUT2D eigenvalue weighted by molar-refractivity contribution is 0.529. The summed E-state index contributed by atoms with van der Waals surface area (Å²) in [5, 5.41) is 0. The first-order valence-corrected chi connectivity index (χ1v) is 6.04. The van der Waals surface area contributed by atoms with Gasteiger partial charge in [-0.05, 0) is 31.1 Å². The SMILES string of the molecule is I[C@H]1C[C@H]2C[C@@H]1C[C@@H]2I. The van der Waals surface area contributed by atoms with Gasteiger partial charge >= 0.3 is 0 Å². The summed E-state index contributed by atoms with van der Waals surface area (Å²) in [6.07, 6.45) is 4.57. The summed E-state index contributed by atoms with van der Waals surface area (Å²) in [6.45, 7) is 0. The van der Waals surface area contributed by atoms with E-state index in [1.165, 1.54) is 12.8 Å². The molecule has 2 rings (SSSR count). The zero-order chi connectivity index (χ0) is 6.43. The monoisotopic (exact) mass is 348 g/mol. The van der Waals surface area contributed by atoms with Crippen molar-refractivity contribution in [2.24, 2.45) is 11.8 Å². The van der Waals surface area contributed by atoms with Gasteiger partial charge in [-0.25, -0.2) is 0 Å². The van der Waals surface area contributed by atoms with Crippen molar-refractivity contribution in [1.82, 2.24) is 0 Å². The summed E-state index contributed by atoms with van der Waals surface area (Å²) in [5.41, 5.74) is 0. The first-order valence-electron chi connectivity index (χ1n) is 3.55. The molecule has 0 unspecified atom stereocenters. The second-order valence-corrected chi connectivity index (χ2v) is 6.46. The van der Waals surface area contributed by atoms with E-state index >= 15 is 0 Å². The smallest absolute Gasteiger partial charge is 0.0141 e. The molecule has 0 nitrogen and oxygen atoms in total. The Morgan fingerprint density at radius 1 is 0.778 bits per heavy atom. The van der Waals surface area contributed by atoms with Gasteiger partial charge in [0.15, 0.2) is 0 Å². The quantitative estimate of drug-likeness (QED) is 0.467. The molecule has 0 aliphatic heterocycles. The lowest BCUT2D eigenvalue weighted by Crippen LogP contribution is -2.16. The van der Waals surface area contributed by atoms with Gasteiger partial charge in [0.2, 0.25) is 0 Å². The van der Waals surface area contributed by atoms with Gasteiger partial charge in [-0.3, -0.25) is 0 Å². The maximum Gasteiger partial charge on any atom is 0.0141 e. The Bertz CT molecular complexity index is 106. The molecule has 0 aromatic carbocycles. The second-order valence-electron chi connectivity index (χ2n) is 3.26. The van der Waals surface area contributed by atoms with Gasteiger partial charge < -0.3 is 0 Å². The van der Waals surface area contributed by atoms with E-state index in [1.807, 2.05) is 0 Å². The number of halogens is 2. The van der Waals surface area contributed by atoms with Crippen LogP contribution in [0.15, 0.2) is 0 Å². The maximum atomic E-state index is 2.63. The lowest BCUT2D eigenvalue weighted by Gasteiger charge is -2.19. The van der Waals surface area contributed by atoms with Gasteiger partial charge in [0, 0.05) is 7.85 Å². The van der Waals surface area contributed by atoms with Gasteiger partial charge in [0.05, 0.1) is 0 Å². The molecule has 0 amide bonds. The topological polar surface area (TPSA) is 0 Å². The molecule has 9 heavy (non-hydrogen) atoms. The van der Waals surface area contributed by atoms with E-state index < -0.39 is 0 Å². The third kappa shape index (κ3) is 1.14. The summed E-state index contributed by atoms with van der Waals surface area (Å²) in [7, 11) is 0. The van der Waals surface area contributed by atoms with Crippen molar-refractivity contribution in [2.45, 2.75) is 27.1 Å². The Morgan fingerprint density at radius 2 is 1.22 bits per heavy atom. The van der Waals surface area contributed by atoms with Crippen LogP contribution in [0.2, 0.25) is 0 Å². The van der Waals surface area contributed by atoms with E-state index in [4.69, 9.17) is 0 Å². The van der Waals surface area contributed by atoms with Crippen LogP contribution in [0.5, 0.6) is 0 Å². The molecule has 0 saturated heterocycles. The Hall–Kier alpha value is 1.46. The largest absolute Gasteiger partial charge is 0.0823 e. The molecule has 2 bridgehead atoms. The molecule has 2 aliphatic carbocycles. The fourth-order valence-corrected chi connectivity index (χ4v) is 4.62. The maximum absolute atomic E-state index is 2.63. The van der Waals surface area contributed by atoms with Crippen LogP contribution in [0.25, 0.3) is 0 Å². The minimum absolute atomic E-state index is 1.03. The standard InChI is InChI=1S/C7H10I2/c8-6-2-4-1-5(6)3-7(4)9/h4-7H,1-3H2/t4-,5-,6+,7+/m1/s1. The molecule has 0 aromatic heterocycles. The highest BCUT2D eigenvalue weighted by molar-refractivity contribution is 14.1. The highest BCUT2D eigenvalue weighted by Gasteiger charge is 2.43. The number of fused-ring (bicyclic) bond motifs is 2. The normalized spacial score (nSPS) is 56.7. The van der Waals surface area contributed by atoms with Crippen molar-refractivity contribution in [1.29, 1.82) is 0 Å². The molecule has 0 radical (unpaired) electrons. The van der Waals surface area contributed by atoms with Crippen molar-refractivity contribution < 1.29 is 0 Å². The van der Waals surface area contributed by atoms with Crippen LogP contribution >= 0.6 is 45.2 Å². The highest BCUT2D eigenvalue weighted by Crippen LogP contribution is 2.50. The lowest BCUT2D eigenvalue weighted by atomic mass is 10.0. The Morgan fingerprint density at radius 3 is 1.44 bits per heavy atom. The van der Waals surface area contributed by atoms with E-state index in [1.54, 1.807) is 6.42 Å². The van der Waals surface area contributed by atoms with Crippen LogP contribution in [-0.4, -0.2) is 7.85 Å². The predicted octanol–water partition coefficient (Wildman–Crippen LogP) is 3.02. The van der Waals surface area contributed by atoms with Crippen LogP contribution in [-0.2, 0) is 0 Å². The molecule has 0 heterocycles. The van der Waals surface area contributed by atoms with Crippen LogP contribution in [0.3, 0.4) is 0 Å². The molecular formula is C7H10I2. The van der Waals surface area contributed by atoms with E-state index in [2.05, 4.69) is 45.2 Å². The Labute approximate surface area is 83.4 Å². The van der Waals surface area contributed by atoms with Crippen LogP contribution in [0.4, 0.5) is 0 Å². The third-order valence-electron chi connectivity index (χ3n) is 2.68. The average Bonchev–Trinajstić information content (AvgIpc) is 2.24. The van der Waals surface area contributed by atoms with E-state index in [0.29, 0.717) is 0 Å². The number of hydrogen-bond donors (Lipinski definition) is 0. The third-order valence-corrected chi connectivity index (χ3v) is 5.74. The van der Waals surface area contributed by atoms with Crippen LogP contribution in [0, 0.1) is 11.8 Å². The first kappa shape index (κ1) is 7.13. The molecule has 2 aliphatic rings. The first-order chi connectivity index (χ1) is 4.27. The van der Waals surface area contributed by atoms with Gasteiger partial charge in [-0.2, -0.15) is 0 Å². The molecule has 2 saturated carbocycles. The van der Waals surface area contributed by atoms with E-state index in [0.717, 1.165) is 19.7 Å². The molecule has 0 spiro atoms. The molecular weight excluding hydrogens is 338 g/mol. The summed E-state index contributed by atoms with van der Waals surface area (Å²) in [4.78, 5) is 0. The molecule has 0 aromatic rings. The summed E-state index contributed by atoms with van der Waals surface area (Å²) in [6, 6.07) is 0. The molecule has 0 N–H and O–H groups in total. The van der Waals surface area contributed by atoms with Crippen molar-refractivity contribution >= 4 is 45.2 Å². The van der Waals surface area contributed by atoms with Crippen molar-refractivity contribution in [2.75, 3.05) is 0 Å². The summed E-state index contributed by atoms with van der Waals surface area (Å²) >= 11 is 5.26. The molecule has 52 valence electrons. The van der Waals surface area contributed by atoms with Gasteiger partial charge in [-0.1, -0.05) is 45.2 Å². The van der Waals surface area contributed by atoms with Crippen molar-refractivity contribution in [3.63, 3.8) is 0 Å². The fraction of sp³-hybridized carbons (Fsp3) is 1.00. The minimum Gasteiger partial charge on any atom is -0.0823 e. The van der Waals surface area contributed by atoms with E-state index in [9.17, 15) is 0 Å².